The molecular weight excluding hydrogens is 388 g/mol. The smallest absolute Gasteiger partial charge is 0.344 e. The molecule has 0 fully saturated rings. The summed E-state index contributed by atoms with van der Waals surface area (Å²) in [5.41, 5.74) is 2.89. The molecule has 0 spiro atoms. The maximum atomic E-state index is 12.5. The third-order valence-electron chi connectivity index (χ3n) is 4.47. The van der Waals surface area contributed by atoms with Crippen molar-refractivity contribution in [2.75, 3.05) is 13.2 Å². The van der Waals surface area contributed by atoms with E-state index in [0.717, 1.165) is 11.4 Å². The Labute approximate surface area is 172 Å². The summed E-state index contributed by atoms with van der Waals surface area (Å²) in [6.07, 6.45) is 0. The quantitative estimate of drug-likeness (QED) is 0.417. The molecule has 2 aromatic heterocycles. The van der Waals surface area contributed by atoms with Crippen molar-refractivity contribution in [1.29, 1.82) is 5.26 Å². The van der Waals surface area contributed by atoms with E-state index in [2.05, 4.69) is 10.6 Å². The number of aryl methyl sites for hydroxylation is 1. The molecule has 0 N–H and O–H groups in total. The highest BCUT2D eigenvalue weighted by Crippen LogP contribution is 2.20. The predicted molar refractivity (Wildman–Crippen MR) is 109 cm³/mol. The van der Waals surface area contributed by atoms with E-state index in [9.17, 15) is 9.59 Å². The van der Waals surface area contributed by atoms with Gasteiger partial charge in [-0.3, -0.25) is 4.79 Å². The topological polar surface area (TPSA) is 81.3 Å². The summed E-state index contributed by atoms with van der Waals surface area (Å²) in [6, 6.07) is 14.3. The number of carbonyl (C=O) groups excluding carboxylic acids is 2. The van der Waals surface area contributed by atoms with Crippen molar-refractivity contribution in [3.8, 4) is 11.8 Å². The number of Topliss-reactive ketones (excluding diaryl/α,β-unsaturated/α-hetero) is 1. The van der Waals surface area contributed by atoms with E-state index in [1.165, 1.54) is 4.88 Å². The highest BCUT2D eigenvalue weighted by molar-refractivity contribution is 7.09. The van der Waals surface area contributed by atoms with E-state index in [4.69, 9.17) is 14.7 Å². The first-order valence-corrected chi connectivity index (χ1v) is 9.87. The van der Waals surface area contributed by atoms with Crippen LogP contribution in [0.15, 0.2) is 47.8 Å². The zero-order chi connectivity index (χ0) is 20.8. The van der Waals surface area contributed by atoms with Crippen LogP contribution in [0.5, 0.6) is 5.75 Å². The molecule has 0 radical (unpaired) electrons. The van der Waals surface area contributed by atoms with Gasteiger partial charge in [-0.2, -0.15) is 5.26 Å². The number of rotatable bonds is 8. The minimum Gasteiger partial charge on any atom is -0.482 e. The van der Waals surface area contributed by atoms with Gasteiger partial charge in [-0.25, -0.2) is 4.79 Å². The molecular formula is C22H20N2O4S. The zero-order valence-corrected chi connectivity index (χ0v) is 17.0. The van der Waals surface area contributed by atoms with Gasteiger partial charge in [0, 0.05) is 21.8 Å². The molecule has 0 aliphatic rings. The molecule has 0 unspecified atom stereocenters. The summed E-state index contributed by atoms with van der Waals surface area (Å²) in [5, 5.41) is 10.8. The number of aromatic nitrogens is 1. The molecule has 29 heavy (non-hydrogen) atoms. The molecule has 0 bridgehead atoms. The summed E-state index contributed by atoms with van der Waals surface area (Å²) in [7, 11) is 0. The lowest BCUT2D eigenvalue weighted by molar-refractivity contribution is -0.144. The lowest BCUT2D eigenvalue weighted by Crippen LogP contribution is -2.20. The van der Waals surface area contributed by atoms with E-state index in [-0.39, 0.29) is 19.0 Å². The molecule has 0 aliphatic carbocycles. The average molecular weight is 408 g/mol. The van der Waals surface area contributed by atoms with Crippen molar-refractivity contribution in [2.24, 2.45) is 0 Å². The van der Waals surface area contributed by atoms with Gasteiger partial charge >= 0.3 is 5.97 Å². The molecule has 148 valence electrons. The van der Waals surface area contributed by atoms with E-state index >= 15 is 0 Å². The van der Waals surface area contributed by atoms with Crippen LogP contribution in [0.4, 0.5) is 0 Å². The van der Waals surface area contributed by atoms with Crippen molar-refractivity contribution >= 4 is 23.1 Å². The Kier molecular flexibility index (Phi) is 6.47. The van der Waals surface area contributed by atoms with E-state index in [1.807, 2.05) is 37.4 Å². The average Bonchev–Trinajstić information content (AvgIpc) is 3.34. The molecule has 7 heteroatoms. The highest BCUT2D eigenvalue weighted by atomic mass is 32.1. The molecule has 3 aromatic rings. The van der Waals surface area contributed by atoms with Crippen LogP contribution in [0, 0.1) is 25.2 Å². The standard InChI is InChI=1S/C22H20N2O4S/c1-15-10-20(16(2)24(15)12-19-4-3-9-29-19)21(25)13-28-22(26)14-27-18-7-5-17(11-23)6-8-18/h3-10H,12-14H2,1-2H3. The van der Waals surface area contributed by atoms with Gasteiger partial charge in [-0.1, -0.05) is 6.07 Å². The largest absolute Gasteiger partial charge is 0.482 e. The molecule has 0 atom stereocenters. The van der Waals surface area contributed by atoms with Crippen LogP contribution in [0.2, 0.25) is 0 Å². The predicted octanol–water partition coefficient (Wildman–Crippen LogP) is 3.89. The van der Waals surface area contributed by atoms with Crippen molar-refractivity contribution in [3.63, 3.8) is 0 Å². The fourth-order valence-electron chi connectivity index (χ4n) is 2.92. The normalized spacial score (nSPS) is 10.4. The van der Waals surface area contributed by atoms with Crippen molar-refractivity contribution < 1.29 is 19.1 Å². The lowest BCUT2D eigenvalue weighted by atomic mass is 10.1. The summed E-state index contributed by atoms with van der Waals surface area (Å²) >= 11 is 1.67. The number of hydrogen-bond acceptors (Lipinski definition) is 6. The minimum absolute atomic E-state index is 0.248. The van der Waals surface area contributed by atoms with Crippen LogP contribution in [0.1, 0.15) is 32.2 Å². The van der Waals surface area contributed by atoms with E-state index in [1.54, 1.807) is 35.6 Å². The Morgan fingerprint density at radius 3 is 2.55 bits per heavy atom. The van der Waals surface area contributed by atoms with Gasteiger partial charge in [0.15, 0.2) is 13.2 Å². The van der Waals surface area contributed by atoms with Crippen LogP contribution in [0.25, 0.3) is 0 Å². The Balaban J connectivity index is 1.53. The molecule has 0 amide bonds. The number of nitriles is 1. The van der Waals surface area contributed by atoms with Crippen LogP contribution >= 0.6 is 11.3 Å². The second-order valence-corrected chi connectivity index (χ2v) is 7.49. The fraction of sp³-hybridized carbons (Fsp3) is 0.227. The van der Waals surface area contributed by atoms with Gasteiger partial charge in [0.2, 0.25) is 5.78 Å². The van der Waals surface area contributed by atoms with Crippen molar-refractivity contribution in [1.82, 2.24) is 4.57 Å². The lowest BCUT2D eigenvalue weighted by Gasteiger charge is -2.09. The van der Waals surface area contributed by atoms with Crippen LogP contribution < -0.4 is 4.74 Å². The summed E-state index contributed by atoms with van der Waals surface area (Å²) in [5.74, 6) is -0.429. The molecule has 0 saturated carbocycles. The Morgan fingerprint density at radius 2 is 1.90 bits per heavy atom. The second kappa shape index (κ2) is 9.22. The van der Waals surface area contributed by atoms with Gasteiger partial charge in [0.25, 0.3) is 0 Å². The number of ketones is 1. The van der Waals surface area contributed by atoms with Gasteiger partial charge in [0.05, 0.1) is 18.2 Å². The Hall–Kier alpha value is -3.37. The van der Waals surface area contributed by atoms with E-state index in [0.29, 0.717) is 23.4 Å². The second-order valence-electron chi connectivity index (χ2n) is 6.46. The van der Waals surface area contributed by atoms with Crippen LogP contribution in [0.3, 0.4) is 0 Å². The maximum absolute atomic E-state index is 12.5. The first kappa shape index (κ1) is 20.4. The first-order chi connectivity index (χ1) is 14.0. The van der Waals surface area contributed by atoms with E-state index < -0.39 is 5.97 Å². The number of ether oxygens (including phenoxy) is 2. The van der Waals surface area contributed by atoms with Gasteiger partial charge in [-0.15, -0.1) is 11.3 Å². The first-order valence-electron chi connectivity index (χ1n) is 8.99. The molecule has 6 nitrogen and oxygen atoms in total. The number of carbonyl (C=O) groups is 2. The van der Waals surface area contributed by atoms with Crippen molar-refractivity contribution in [3.05, 3.63) is 75.2 Å². The molecule has 2 heterocycles. The molecule has 0 saturated heterocycles. The Bertz CT molecular complexity index is 1040. The maximum Gasteiger partial charge on any atom is 0.344 e. The van der Waals surface area contributed by atoms with Crippen LogP contribution in [-0.2, 0) is 16.1 Å². The monoisotopic (exact) mass is 408 g/mol. The van der Waals surface area contributed by atoms with Gasteiger partial charge in [0.1, 0.15) is 5.75 Å². The Morgan fingerprint density at radius 1 is 1.14 bits per heavy atom. The minimum atomic E-state index is -0.630. The van der Waals surface area contributed by atoms with Crippen molar-refractivity contribution in [2.45, 2.75) is 20.4 Å². The van der Waals surface area contributed by atoms with Gasteiger partial charge < -0.3 is 14.0 Å². The SMILES string of the molecule is Cc1cc(C(=O)COC(=O)COc2ccc(C#N)cc2)c(C)n1Cc1cccs1. The summed E-state index contributed by atoms with van der Waals surface area (Å²) < 4.78 is 12.5. The van der Waals surface area contributed by atoms with Crippen LogP contribution in [-0.4, -0.2) is 29.5 Å². The zero-order valence-electron chi connectivity index (χ0n) is 16.2. The molecule has 0 aliphatic heterocycles. The third kappa shape index (κ3) is 5.12. The highest BCUT2D eigenvalue weighted by Gasteiger charge is 2.18. The number of esters is 1. The molecule has 3 rings (SSSR count). The molecule has 1 aromatic carbocycles. The number of benzene rings is 1. The third-order valence-corrected chi connectivity index (χ3v) is 5.33. The fourth-order valence-corrected chi connectivity index (χ4v) is 3.61. The summed E-state index contributed by atoms with van der Waals surface area (Å²) in [6.45, 7) is 3.91. The van der Waals surface area contributed by atoms with Gasteiger partial charge in [-0.05, 0) is 55.6 Å². The number of hydrogen-bond donors (Lipinski definition) is 0. The number of nitrogens with zero attached hydrogens (tertiary/aromatic N) is 2. The number of thiophene rings is 1. The summed E-state index contributed by atoms with van der Waals surface area (Å²) in [4.78, 5) is 25.6.